The molecule has 1 aromatic carbocycles. The van der Waals surface area contributed by atoms with Gasteiger partial charge in [0, 0.05) is 30.8 Å². The second-order valence-corrected chi connectivity index (χ2v) is 6.10. The van der Waals surface area contributed by atoms with E-state index in [9.17, 15) is 9.59 Å². The fourth-order valence-electron chi connectivity index (χ4n) is 2.84. The summed E-state index contributed by atoms with van der Waals surface area (Å²) in [6, 6.07) is 18.1. The molecule has 0 saturated heterocycles. The highest BCUT2D eigenvalue weighted by Crippen LogP contribution is 2.16. The first-order valence-corrected chi connectivity index (χ1v) is 8.73. The number of aromatic nitrogens is 3. The number of anilines is 1. The van der Waals surface area contributed by atoms with Crippen molar-refractivity contribution in [1.29, 1.82) is 0 Å². The largest absolute Gasteiger partial charge is 0.345 e. The topological polar surface area (TPSA) is 88.4 Å². The number of carbonyl (C=O) groups excluding carboxylic acids is 2. The fourth-order valence-corrected chi connectivity index (χ4v) is 2.84. The highest BCUT2D eigenvalue weighted by atomic mass is 16.2. The maximum Gasteiger partial charge on any atom is 0.287 e. The van der Waals surface area contributed by atoms with Crippen molar-refractivity contribution in [3.05, 3.63) is 96.3 Å². The predicted molar refractivity (Wildman–Crippen MR) is 105 cm³/mol. The van der Waals surface area contributed by atoms with Crippen LogP contribution >= 0.6 is 0 Å². The summed E-state index contributed by atoms with van der Waals surface area (Å²) in [6.07, 6.45) is 5.06. The lowest BCUT2D eigenvalue weighted by molar-refractivity contribution is 0.0940. The maximum absolute atomic E-state index is 12.7. The van der Waals surface area contributed by atoms with Gasteiger partial charge in [-0.2, -0.15) is 0 Å². The molecule has 0 aliphatic carbocycles. The monoisotopic (exact) mass is 371 g/mol. The molecule has 138 valence electrons. The molecule has 0 fully saturated rings. The van der Waals surface area contributed by atoms with Crippen LogP contribution in [0.25, 0.3) is 5.52 Å². The number of pyridine rings is 2. The first-order chi connectivity index (χ1) is 13.7. The molecule has 7 nitrogen and oxygen atoms in total. The zero-order valence-electron chi connectivity index (χ0n) is 14.9. The van der Waals surface area contributed by atoms with Gasteiger partial charge in [-0.25, -0.2) is 4.98 Å². The summed E-state index contributed by atoms with van der Waals surface area (Å²) in [5.74, 6) is -0.595. The van der Waals surface area contributed by atoms with Gasteiger partial charge in [-0.1, -0.05) is 30.3 Å². The van der Waals surface area contributed by atoms with Crippen LogP contribution in [0.2, 0.25) is 0 Å². The lowest BCUT2D eigenvalue weighted by Gasteiger charge is -2.04. The summed E-state index contributed by atoms with van der Waals surface area (Å²) in [4.78, 5) is 33.7. The van der Waals surface area contributed by atoms with Gasteiger partial charge in [0.1, 0.15) is 0 Å². The molecule has 4 aromatic rings. The number of amides is 2. The number of hydrogen-bond acceptors (Lipinski definition) is 4. The first-order valence-electron chi connectivity index (χ1n) is 8.73. The van der Waals surface area contributed by atoms with Gasteiger partial charge in [-0.05, 0) is 35.9 Å². The van der Waals surface area contributed by atoms with E-state index in [1.54, 1.807) is 59.4 Å². The molecule has 0 aliphatic rings. The van der Waals surface area contributed by atoms with E-state index in [0.717, 1.165) is 5.56 Å². The van der Waals surface area contributed by atoms with Crippen LogP contribution < -0.4 is 10.6 Å². The van der Waals surface area contributed by atoms with Gasteiger partial charge < -0.3 is 10.6 Å². The number of rotatable bonds is 5. The fraction of sp³-hybridized carbons (Fsp3) is 0.0476. The van der Waals surface area contributed by atoms with Crippen molar-refractivity contribution < 1.29 is 9.59 Å². The molecule has 0 saturated carbocycles. The minimum absolute atomic E-state index is 0.151. The van der Waals surface area contributed by atoms with Gasteiger partial charge in [-0.3, -0.25) is 19.0 Å². The Morgan fingerprint density at radius 3 is 2.54 bits per heavy atom. The molecule has 2 N–H and O–H groups in total. The second-order valence-electron chi connectivity index (χ2n) is 6.10. The highest BCUT2D eigenvalue weighted by molar-refractivity contribution is 6.08. The molecule has 3 heterocycles. The number of fused-ring (bicyclic) bond motifs is 1. The first kappa shape index (κ1) is 17.4. The average Bonchev–Trinajstić information content (AvgIpc) is 3.13. The zero-order chi connectivity index (χ0) is 19.3. The Bertz CT molecular complexity index is 1120. The number of carbonyl (C=O) groups is 2. The molecule has 0 radical (unpaired) electrons. The lowest BCUT2D eigenvalue weighted by atomic mass is 10.3. The van der Waals surface area contributed by atoms with E-state index in [4.69, 9.17) is 0 Å². The standard InChI is InChI=1S/C21H17N5O2/c27-20(24-16-8-2-1-3-9-16)18-17-10-4-5-12-26(17)19(25-18)21(28)23-14-15-7-6-11-22-13-15/h1-13H,14H2,(H,23,28)(H,24,27). The smallest absolute Gasteiger partial charge is 0.287 e. The number of nitrogens with one attached hydrogen (secondary N) is 2. The summed E-state index contributed by atoms with van der Waals surface area (Å²) in [6.45, 7) is 0.319. The molecule has 0 atom stereocenters. The molecule has 7 heteroatoms. The summed E-state index contributed by atoms with van der Waals surface area (Å²) >= 11 is 0. The minimum atomic E-state index is -0.374. The predicted octanol–water partition coefficient (Wildman–Crippen LogP) is 2.91. The summed E-state index contributed by atoms with van der Waals surface area (Å²) < 4.78 is 1.61. The number of para-hydroxylation sites is 1. The van der Waals surface area contributed by atoms with Crippen LogP contribution in [-0.4, -0.2) is 26.2 Å². The number of benzene rings is 1. The van der Waals surface area contributed by atoms with E-state index >= 15 is 0 Å². The Morgan fingerprint density at radius 1 is 0.929 bits per heavy atom. The van der Waals surface area contributed by atoms with E-state index < -0.39 is 0 Å². The Morgan fingerprint density at radius 2 is 1.75 bits per heavy atom. The van der Waals surface area contributed by atoms with Crippen molar-refractivity contribution in [2.45, 2.75) is 6.54 Å². The van der Waals surface area contributed by atoms with Gasteiger partial charge in [0.15, 0.2) is 5.69 Å². The van der Waals surface area contributed by atoms with Gasteiger partial charge in [-0.15, -0.1) is 0 Å². The van der Waals surface area contributed by atoms with Crippen LogP contribution in [0.1, 0.15) is 26.7 Å². The third-order valence-corrected chi connectivity index (χ3v) is 4.17. The minimum Gasteiger partial charge on any atom is -0.345 e. The number of nitrogens with zero attached hydrogens (tertiary/aromatic N) is 3. The molecular formula is C21H17N5O2. The lowest BCUT2D eigenvalue weighted by Crippen LogP contribution is -2.25. The second kappa shape index (κ2) is 7.71. The van der Waals surface area contributed by atoms with Crippen LogP contribution in [0.15, 0.2) is 79.3 Å². The highest BCUT2D eigenvalue weighted by Gasteiger charge is 2.21. The molecule has 0 bridgehead atoms. The van der Waals surface area contributed by atoms with Gasteiger partial charge >= 0.3 is 0 Å². The molecule has 0 aliphatic heterocycles. The number of imidazole rings is 1. The van der Waals surface area contributed by atoms with Crippen molar-refractivity contribution in [3.8, 4) is 0 Å². The zero-order valence-corrected chi connectivity index (χ0v) is 14.9. The van der Waals surface area contributed by atoms with Crippen LogP contribution in [-0.2, 0) is 6.54 Å². The average molecular weight is 371 g/mol. The van der Waals surface area contributed by atoms with Crippen molar-refractivity contribution >= 4 is 23.0 Å². The van der Waals surface area contributed by atoms with Crippen LogP contribution in [0.4, 0.5) is 5.69 Å². The van der Waals surface area contributed by atoms with Gasteiger partial charge in [0.2, 0.25) is 5.82 Å². The van der Waals surface area contributed by atoms with E-state index in [0.29, 0.717) is 17.7 Å². The molecule has 0 unspecified atom stereocenters. The summed E-state index contributed by atoms with van der Waals surface area (Å²) in [5.41, 5.74) is 2.28. The third kappa shape index (κ3) is 3.59. The van der Waals surface area contributed by atoms with Crippen LogP contribution in [0, 0.1) is 0 Å². The van der Waals surface area contributed by atoms with Gasteiger partial charge in [0.25, 0.3) is 11.8 Å². The summed E-state index contributed by atoms with van der Waals surface area (Å²) in [7, 11) is 0. The Hall–Kier alpha value is -4.00. The molecule has 3 aromatic heterocycles. The Labute approximate surface area is 161 Å². The SMILES string of the molecule is O=C(Nc1ccccc1)c1nc(C(=O)NCc2cccnc2)n2ccccc12. The number of hydrogen-bond donors (Lipinski definition) is 2. The third-order valence-electron chi connectivity index (χ3n) is 4.17. The molecular weight excluding hydrogens is 354 g/mol. The van der Waals surface area contributed by atoms with Gasteiger partial charge in [0.05, 0.1) is 5.52 Å². The van der Waals surface area contributed by atoms with Crippen molar-refractivity contribution in [3.63, 3.8) is 0 Å². The van der Waals surface area contributed by atoms with Crippen LogP contribution in [0.5, 0.6) is 0 Å². The van der Waals surface area contributed by atoms with Crippen molar-refractivity contribution in [1.82, 2.24) is 19.7 Å². The van der Waals surface area contributed by atoms with E-state index in [-0.39, 0.29) is 23.3 Å². The molecule has 4 rings (SSSR count). The van der Waals surface area contributed by atoms with Crippen molar-refractivity contribution in [2.75, 3.05) is 5.32 Å². The van der Waals surface area contributed by atoms with E-state index in [2.05, 4.69) is 20.6 Å². The quantitative estimate of drug-likeness (QED) is 0.565. The van der Waals surface area contributed by atoms with E-state index in [1.807, 2.05) is 24.3 Å². The normalized spacial score (nSPS) is 10.6. The van der Waals surface area contributed by atoms with Crippen molar-refractivity contribution in [2.24, 2.45) is 0 Å². The molecule has 2 amide bonds. The maximum atomic E-state index is 12.7. The molecule has 28 heavy (non-hydrogen) atoms. The Balaban J connectivity index is 1.61. The molecule has 0 spiro atoms. The Kier molecular flexibility index (Phi) is 4.79. The van der Waals surface area contributed by atoms with E-state index in [1.165, 1.54) is 0 Å². The van der Waals surface area contributed by atoms with Crippen LogP contribution in [0.3, 0.4) is 0 Å². The summed E-state index contributed by atoms with van der Waals surface area (Å²) in [5, 5.41) is 5.62.